The molecule has 1 N–H and O–H groups in total. The van der Waals surface area contributed by atoms with Crippen LogP contribution in [0.1, 0.15) is 30.2 Å². The van der Waals surface area contributed by atoms with Crippen LogP contribution in [-0.2, 0) is 13.5 Å². The Morgan fingerprint density at radius 2 is 2.05 bits per heavy atom. The van der Waals surface area contributed by atoms with Gasteiger partial charge < -0.3 is 4.98 Å². The molecule has 4 nitrogen and oxygen atoms in total. The average Bonchev–Trinajstić information content (AvgIpc) is 2.92. The normalized spacial score (nSPS) is 11.4. The number of H-pyrrole nitrogens is 1. The van der Waals surface area contributed by atoms with E-state index in [1.807, 2.05) is 11.7 Å². The summed E-state index contributed by atoms with van der Waals surface area (Å²) in [6.07, 6.45) is 2.03. The Morgan fingerprint density at radius 3 is 2.76 bits per heavy atom. The van der Waals surface area contributed by atoms with Gasteiger partial charge in [-0.1, -0.05) is 25.5 Å². The summed E-state index contributed by atoms with van der Waals surface area (Å²) in [5.41, 5.74) is 6.82. The first-order valence-corrected chi connectivity index (χ1v) is 7.68. The zero-order valence-corrected chi connectivity index (χ0v) is 13.7. The summed E-state index contributed by atoms with van der Waals surface area (Å²) in [4.78, 5) is 3.34. The fourth-order valence-corrected chi connectivity index (χ4v) is 3.11. The van der Waals surface area contributed by atoms with Crippen molar-refractivity contribution in [3.05, 3.63) is 39.8 Å². The molecular weight excluding hydrogens is 280 g/mol. The van der Waals surface area contributed by atoms with Gasteiger partial charge in [0.15, 0.2) is 10.4 Å². The number of nitrogens with zero attached hydrogens (tertiary/aromatic N) is 3. The molecular formula is C16H20N4S. The molecule has 5 heteroatoms. The molecule has 0 aliphatic heterocycles. The first kappa shape index (κ1) is 14.1. The van der Waals surface area contributed by atoms with Gasteiger partial charge in [0.2, 0.25) is 0 Å². The van der Waals surface area contributed by atoms with Crippen LogP contribution >= 0.6 is 12.2 Å². The van der Waals surface area contributed by atoms with Crippen molar-refractivity contribution in [1.29, 1.82) is 0 Å². The maximum atomic E-state index is 5.56. The lowest BCUT2D eigenvalue weighted by molar-refractivity contribution is 0.735. The van der Waals surface area contributed by atoms with Crippen molar-refractivity contribution in [1.82, 2.24) is 19.3 Å². The quantitative estimate of drug-likeness (QED) is 0.743. The highest BCUT2D eigenvalue weighted by Gasteiger charge is 2.17. The Balaban J connectivity index is 2.35. The second kappa shape index (κ2) is 5.15. The zero-order valence-electron chi connectivity index (χ0n) is 12.9. The van der Waals surface area contributed by atoms with E-state index in [0.29, 0.717) is 0 Å². The predicted molar refractivity (Wildman–Crippen MR) is 88.7 cm³/mol. The monoisotopic (exact) mass is 300 g/mol. The highest BCUT2D eigenvalue weighted by Crippen LogP contribution is 2.25. The molecule has 21 heavy (non-hydrogen) atoms. The van der Waals surface area contributed by atoms with Gasteiger partial charge in [0.1, 0.15) is 5.52 Å². The van der Waals surface area contributed by atoms with Gasteiger partial charge >= 0.3 is 0 Å². The first-order chi connectivity index (χ1) is 10.0. The minimum absolute atomic E-state index is 0.726. The Hall–Kier alpha value is -1.88. The van der Waals surface area contributed by atoms with E-state index in [4.69, 9.17) is 12.2 Å². The highest BCUT2D eigenvalue weighted by atomic mass is 32.1. The molecule has 2 aromatic heterocycles. The molecule has 0 aliphatic rings. The molecule has 0 spiro atoms. The fourth-order valence-electron chi connectivity index (χ4n) is 2.83. The topological polar surface area (TPSA) is 38.5 Å². The molecule has 0 unspecified atom stereocenters. The van der Waals surface area contributed by atoms with Crippen LogP contribution < -0.4 is 0 Å². The van der Waals surface area contributed by atoms with Crippen LogP contribution in [0.25, 0.3) is 16.9 Å². The van der Waals surface area contributed by atoms with Gasteiger partial charge in [0.05, 0.1) is 11.4 Å². The van der Waals surface area contributed by atoms with Crippen molar-refractivity contribution in [2.45, 2.75) is 33.6 Å². The summed E-state index contributed by atoms with van der Waals surface area (Å²) in [7, 11) is 1.98. The van der Waals surface area contributed by atoms with Gasteiger partial charge in [-0.2, -0.15) is 5.10 Å². The summed E-state index contributed by atoms with van der Waals surface area (Å²) in [5.74, 6) is 0. The van der Waals surface area contributed by atoms with Crippen LogP contribution in [0.5, 0.6) is 0 Å². The van der Waals surface area contributed by atoms with Crippen molar-refractivity contribution in [2.75, 3.05) is 0 Å². The van der Waals surface area contributed by atoms with Crippen molar-refractivity contribution in [3.63, 3.8) is 0 Å². The molecule has 0 amide bonds. The van der Waals surface area contributed by atoms with E-state index in [1.165, 1.54) is 11.1 Å². The lowest BCUT2D eigenvalue weighted by Gasteiger charge is -2.10. The fraction of sp³-hybridized carbons (Fsp3) is 0.375. The maximum Gasteiger partial charge on any atom is 0.184 e. The van der Waals surface area contributed by atoms with E-state index >= 15 is 0 Å². The molecule has 0 aliphatic carbocycles. The van der Waals surface area contributed by atoms with Crippen molar-refractivity contribution in [2.24, 2.45) is 7.05 Å². The minimum Gasteiger partial charge on any atom is -0.327 e. The molecule has 0 saturated heterocycles. The molecule has 1 aromatic carbocycles. The summed E-state index contributed by atoms with van der Waals surface area (Å²) < 4.78 is 4.75. The van der Waals surface area contributed by atoms with Crippen molar-refractivity contribution >= 4 is 23.4 Å². The zero-order chi connectivity index (χ0) is 15.1. The minimum atomic E-state index is 0.726. The Labute approximate surface area is 129 Å². The van der Waals surface area contributed by atoms with Gasteiger partial charge in [-0.3, -0.25) is 4.57 Å². The average molecular weight is 300 g/mol. The second-order valence-corrected chi connectivity index (χ2v) is 5.89. The standard InChI is InChI=1S/C16H20N4S/c1-5-7-12-14-15(19(4)18-12)20(16(21)17-14)13-9-6-8-10(2)11(13)3/h6,8-9H,5,7H2,1-4H3,(H,17,21). The molecule has 0 saturated carbocycles. The maximum absolute atomic E-state index is 5.56. The van der Waals surface area contributed by atoms with Crippen LogP contribution in [0.2, 0.25) is 0 Å². The molecule has 0 bridgehead atoms. The van der Waals surface area contributed by atoms with Gasteiger partial charge in [-0.25, -0.2) is 4.68 Å². The van der Waals surface area contributed by atoms with Crippen molar-refractivity contribution in [3.8, 4) is 5.69 Å². The van der Waals surface area contributed by atoms with E-state index in [0.717, 1.165) is 40.2 Å². The molecule has 110 valence electrons. The van der Waals surface area contributed by atoms with E-state index in [1.54, 1.807) is 0 Å². The number of hydrogen-bond acceptors (Lipinski definition) is 2. The summed E-state index contributed by atoms with van der Waals surface area (Å²) in [6, 6.07) is 6.30. The van der Waals surface area contributed by atoms with Gasteiger partial charge in [0, 0.05) is 7.05 Å². The van der Waals surface area contributed by atoms with Crippen LogP contribution in [0.4, 0.5) is 0 Å². The van der Waals surface area contributed by atoms with E-state index < -0.39 is 0 Å². The molecule has 0 radical (unpaired) electrons. The smallest absolute Gasteiger partial charge is 0.184 e. The third kappa shape index (κ3) is 2.12. The van der Waals surface area contributed by atoms with Gasteiger partial charge in [-0.15, -0.1) is 0 Å². The summed E-state index contributed by atoms with van der Waals surface area (Å²) in [5, 5.41) is 4.64. The van der Waals surface area contributed by atoms with E-state index in [9.17, 15) is 0 Å². The lowest BCUT2D eigenvalue weighted by atomic mass is 10.1. The molecule has 3 aromatic rings. The lowest BCUT2D eigenvalue weighted by Crippen LogP contribution is -2.03. The number of rotatable bonds is 3. The number of hydrogen-bond donors (Lipinski definition) is 1. The third-order valence-electron chi connectivity index (χ3n) is 4.04. The summed E-state index contributed by atoms with van der Waals surface area (Å²) >= 11 is 5.56. The highest BCUT2D eigenvalue weighted by molar-refractivity contribution is 7.71. The number of aryl methyl sites for hydroxylation is 3. The number of aromatic nitrogens is 4. The van der Waals surface area contributed by atoms with Crippen LogP contribution in [0, 0.1) is 18.6 Å². The van der Waals surface area contributed by atoms with E-state index in [-0.39, 0.29) is 0 Å². The predicted octanol–water partition coefficient (Wildman–Crippen LogP) is 3.99. The summed E-state index contributed by atoms with van der Waals surface area (Å²) in [6.45, 7) is 6.42. The Morgan fingerprint density at radius 1 is 1.29 bits per heavy atom. The Bertz CT molecular complexity index is 866. The first-order valence-electron chi connectivity index (χ1n) is 7.27. The number of nitrogens with one attached hydrogen (secondary N) is 1. The van der Waals surface area contributed by atoms with Crippen LogP contribution in [-0.4, -0.2) is 19.3 Å². The molecule has 3 rings (SSSR count). The van der Waals surface area contributed by atoms with Crippen LogP contribution in [0.15, 0.2) is 18.2 Å². The van der Waals surface area contributed by atoms with Crippen LogP contribution in [0.3, 0.4) is 0 Å². The number of fused-ring (bicyclic) bond motifs is 1. The van der Waals surface area contributed by atoms with Crippen molar-refractivity contribution < 1.29 is 0 Å². The van der Waals surface area contributed by atoms with Gasteiger partial charge in [-0.05, 0) is 49.7 Å². The third-order valence-corrected chi connectivity index (χ3v) is 4.32. The van der Waals surface area contributed by atoms with Gasteiger partial charge in [0.25, 0.3) is 0 Å². The molecule has 0 fully saturated rings. The largest absolute Gasteiger partial charge is 0.327 e. The molecule has 2 heterocycles. The second-order valence-electron chi connectivity index (χ2n) is 5.50. The van der Waals surface area contributed by atoms with E-state index in [2.05, 4.69) is 53.6 Å². The number of imidazole rings is 1. The SMILES string of the molecule is CCCc1nn(C)c2c1[nH]c(=S)n2-c1cccc(C)c1C. The Kier molecular flexibility index (Phi) is 3.45. The number of aromatic amines is 1. The number of benzene rings is 1. The molecule has 0 atom stereocenters.